The zero-order valence-electron chi connectivity index (χ0n) is 11.9. The van der Waals surface area contributed by atoms with Gasteiger partial charge in [-0.2, -0.15) is 0 Å². The molecular weight excluding hydrogens is 224 g/mol. The minimum atomic E-state index is 0.448. The van der Waals surface area contributed by atoms with Gasteiger partial charge >= 0.3 is 0 Å². The van der Waals surface area contributed by atoms with Gasteiger partial charge in [-0.3, -0.25) is 11.3 Å². The maximum Gasteiger partial charge on any atom is 0.0590 e. The zero-order chi connectivity index (χ0) is 12.8. The second-order valence-electron chi connectivity index (χ2n) is 6.19. The van der Waals surface area contributed by atoms with Crippen molar-refractivity contribution in [2.24, 2.45) is 17.7 Å². The molecule has 0 aromatic heterocycles. The summed E-state index contributed by atoms with van der Waals surface area (Å²) in [6.45, 7) is 3.27. The van der Waals surface area contributed by atoms with Crippen LogP contribution in [0.15, 0.2) is 0 Å². The van der Waals surface area contributed by atoms with Gasteiger partial charge < -0.3 is 4.74 Å². The molecule has 1 saturated heterocycles. The van der Waals surface area contributed by atoms with Crippen molar-refractivity contribution in [2.45, 2.75) is 76.9 Å². The summed E-state index contributed by atoms with van der Waals surface area (Å²) in [6, 6.07) is 0.464. The Hall–Kier alpha value is -0.120. The quantitative estimate of drug-likeness (QED) is 0.585. The topological polar surface area (TPSA) is 47.3 Å². The first-order chi connectivity index (χ1) is 8.83. The number of rotatable bonds is 5. The van der Waals surface area contributed by atoms with Gasteiger partial charge in [0.15, 0.2) is 0 Å². The molecule has 1 aliphatic carbocycles. The summed E-state index contributed by atoms with van der Waals surface area (Å²) in [6.07, 6.45) is 12.2. The lowest BCUT2D eigenvalue weighted by atomic mass is 9.76. The summed E-state index contributed by atoms with van der Waals surface area (Å²) in [5.74, 6) is 7.51. The van der Waals surface area contributed by atoms with Crippen molar-refractivity contribution in [1.29, 1.82) is 0 Å². The van der Waals surface area contributed by atoms with Gasteiger partial charge in [0.05, 0.1) is 6.10 Å². The van der Waals surface area contributed by atoms with E-state index in [2.05, 4.69) is 12.3 Å². The fourth-order valence-corrected chi connectivity index (χ4v) is 3.67. The zero-order valence-corrected chi connectivity index (χ0v) is 11.9. The maximum absolute atomic E-state index is 5.85. The molecule has 0 aromatic rings. The lowest BCUT2D eigenvalue weighted by Gasteiger charge is -2.35. The Kier molecular flexibility index (Phi) is 5.93. The minimum Gasteiger partial charge on any atom is -0.378 e. The predicted octanol–water partition coefficient (Wildman–Crippen LogP) is 2.99. The maximum atomic E-state index is 5.85. The number of nitrogens with one attached hydrogen (secondary N) is 1. The van der Waals surface area contributed by atoms with E-state index in [0.29, 0.717) is 12.1 Å². The summed E-state index contributed by atoms with van der Waals surface area (Å²) >= 11 is 0. The van der Waals surface area contributed by atoms with Crippen LogP contribution in [0.3, 0.4) is 0 Å². The lowest BCUT2D eigenvalue weighted by Crippen LogP contribution is -2.45. The molecule has 0 aromatic carbocycles. The summed E-state index contributed by atoms with van der Waals surface area (Å²) in [7, 11) is 0. The van der Waals surface area contributed by atoms with E-state index in [4.69, 9.17) is 10.6 Å². The highest BCUT2D eigenvalue weighted by Gasteiger charge is 2.29. The van der Waals surface area contributed by atoms with Gasteiger partial charge in [0, 0.05) is 12.6 Å². The summed E-state index contributed by atoms with van der Waals surface area (Å²) in [5, 5.41) is 0. The van der Waals surface area contributed by atoms with E-state index in [-0.39, 0.29) is 0 Å². The monoisotopic (exact) mass is 254 g/mol. The summed E-state index contributed by atoms with van der Waals surface area (Å²) in [4.78, 5) is 0. The van der Waals surface area contributed by atoms with Crippen LogP contribution in [-0.4, -0.2) is 18.8 Å². The van der Waals surface area contributed by atoms with Crippen LogP contribution in [-0.2, 0) is 4.74 Å². The molecule has 3 heteroatoms. The highest BCUT2D eigenvalue weighted by Crippen LogP contribution is 2.34. The van der Waals surface area contributed by atoms with Crippen LogP contribution in [0, 0.1) is 11.8 Å². The van der Waals surface area contributed by atoms with Crippen molar-refractivity contribution >= 4 is 0 Å². The minimum absolute atomic E-state index is 0.448. The van der Waals surface area contributed by atoms with E-state index >= 15 is 0 Å². The third-order valence-electron chi connectivity index (χ3n) is 5.04. The number of nitrogens with two attached hydrogens (primary N) is 1. The molecule has 2 rings (SSSR count). The van der Waals surface area contributed by atoms with E-state index in [0.717, 1.165) is 24.9 Å². The SMILES string of the molecule is CCC1CCC(C(CC2CCCCO2)NN)CC1. The van der Waals surface area contributed by atoms with Crippen molar-refractivity contribution in [2.75, 3.05) is 6.61 Å². The molecule has 2 unspecified atom stereocenters. The highest BCUT2D eigenvalue weighted by molar-refractivity contribution is 4.83. The first-order valence-electron chi connectivity index (χ1n) is 7.91. The molecule has 3 N–H and O–H groups in total. The van der Waals surface area contributed by atoms with Gasteiger partial charge in [-0.15, -0.1) is 0 Å². The smallest absolute Gasteiger partial charge is 0.0590 e. The van der Waals surface area contributed by atoms with Crippen LogP contribution in [0.2, 0.25) is 0 Å². The molecular formula is C15H30N2O. The Morgan fingerprint density at radius 1 is 1.17 bits per heavy atom. The van der Waals surface area contributed by atoms with E-state index in [1.807, 2.05) is 0 Å². The molecule has 2 aliphatic rings. The lowest BCUT2D eigenvalue weighted by molar-refractivity contribution is -0.00115. The molecule has 0 amide bonds. The highest BCUT2D eigenvalue weighted by atomic mass is 16.5. The van der Waals surface area contributed by atoms with Gasteiger partial charge in [0.25, 0.3) is 0 Å². The molecule has 18 heavy (non-hydrogen) atoms. The van der Waals surface area contributed by atoms with Gasteiger partial charge in [-0.05, 0) is 50.4 Å². The van der Waals surface area contributed by atoms with Gasteiger partial charge in [-0.25, -0.2) is 0 Å². The Labute approximate surface area is 112 Å². The summed E-state index contributed by atoms with van der Waals surface area (Å²) < 4.78 is 5.85. The van der Waals surface area contributed by atoms with E-state index in [9.17, 15) is 0 Å². The molecule has 0 spiro atoms. The molecule has 3 nitrogen and oxygen atoms in total. The van der Waals surface area contributed by atoms with Crippen molar-refractivity contribution in [3.63, 3.8) is 0 Å². The third kappa shape index (κ3) is 3.94. The molecule has 0 bridgehead atoms. The first kappa shape index (κ1) is 14.3. The number of hydrazine groups is 1. The number of hydrogen-bond donors (Lipinski definition) is 2. The number of ether oxygens (including phenoxy) is 1. The van der Waals surface area contributed by atoms with Crippen LogP contribution in [0.1, 0.15) is 64.7 Å². The molecule has 1 heterocycles. The van der Waals surface area contributed by atoms with Crippen LogP contribution in [0.25, 0.3) is 0 Å². The average molecular weight is 254 g/mol. The van der Waals surface area contributed by atoms with Crippen LogP contribution >= 0.6 is 0 Å². The normalized spacial score (nSPS) is 35.3. The molecule has 1 saturated carbocycles. The Morgan fingerprint density at radius 2 is 1.94 bits per heavy atom. The first-order valence-corrected chi connectivity index (χ1v) is 7.91. The van der Waals surface area contributed by atoms with Gasteiger partial charge in [0.1, 0.15) is 0 Å². The molecule has 106 valence electrons. The second-order valence-corrected chi connectivity index (χ2v) is 6.19. The standard InChI is InChI=1S/C15H30N2O/c1-2-12-6-8-13(9-7-12)15(17-16)11-14-5-3-4-10-18-14/h12-15,17H,2-11,16H2,1H3. The van der Waals surface area contributed by atoms with Crippen LogP contribution in [0.4, 0.5) is 0 Å². The summed E-state index contributed by atoms with van der Waals surface area (Å²) in [5.41, 5.74) is 3.07. The fourth-order valence-electron chi connectivity index (χ4n) is 3.67. The van der Waals surface area contributed by atoms with E-state index in [1.54, 1.807) is 0 Å². The Bertz CT molecular complexity index is 221. The number of hydrogen-bond acceptors (Lipinski definition) is 3. The third-order valence-corrected chi connectivity index (χ3v) is 5.04. The van der Waals surface area contributed by atoms with E-state index < -0.39 is 0 Å². The van der Waals surface area contributed by atoms with Crippen molar-refractivity contribution < 1.29 is 4.74 Å². The van der Waals surface area contributed by atoms with Gasteiger partial charge in [0.2, 0.25) is 0 Å². The van der Waals surface area contributed by atoms with Crippen LogP contribution in [0.5, 0.6) is 0 Å². The average Bonchev–Trinajstić information content (AvgIpc) is 2.46. The molecule has 1 aliphatic heterocycles. The Morgan fingerprint density at radius 3 is 2.50 bits per heavy atom. The second kappa shape index (κ2) is 7.46. The molecule has 0 radical (unpaired) electrons. The van der Waals surface area contributed by atoms with Crippen molar-refractivity contribution in [1.82, 2.24) is 5.43 Å². The van der Waals surface area contributed by atoms with Crippen LogP contribution < -0.4 is 11.3 Å². The molecule has 2 atom stereocenters. The van der Waals surface area contributed by atoms with Crippen molar-refractivity contribution in [3.05, 3.63) is 0 Å². The van der Waals surface area contributed by atoms with Crippen molar-refractivity contribution in [3.8, 4) is 0 Å². The fraction of sp³-hybridized carbons (Fsp3) is 1.00. The molecule has 2 fully saturated rings. The van der Waals surface area contributed by atoms with Gasteiger partial charge in [-0.1, -0.05) is 26.2 Å². The Balaban J connectivity index is 1.77. The predicted molar refractivity (Wildman–Crippen MR) is 75.1 cm³/mol. The van der Waals surface area contributed by atoms with E-state index in [1.165, 1.54) is 51.4 Å². The largest absolute Gasteiger partial charge is 0.378 e.